The fourth-order valence-electron chi connectivity index (χ4n) is 3.31. The topological polar surface area (TPSA) is 24.9 Å². The molecule has 2 unspecified atom stereocenters. The summed E-state index contributed by atoms with van der Waals surface area (Å²) in [6.45, 7) is 7.89. The second kappa shape index (κ2) is 7.56. The summed E-state index contributed by atoms with van der Waals surface area (Å²) >= 11 is 1.97. The minimum absolute atomic E-state index is 0.690. The van der Waals surface area contributed by atoms with Crippen LogP contribution in [-0.4, -0.2) is 12.0 Å². The summed E-state index contributed by atoms with van der Waals surface area (Å²) in [5.41, 5.74) is 1.35. The smallest absolute Gasteiger partial charge is 0.0962 e. The average molecular weight is 295 g/mol. The molecule has 0 aliphatic heterocycles. The summed E-state index contributed by atoms with van der Waals surface area (Å²) < 4.78 is 0. The molecule has 0 aromatic carbocycles. The van der Waals surface area contributed by atoms with E-state index >= 15 is 0 Å². The number of rotatable bonds is 6. The zero-order valence-electron chi connectivity index (χ0n) is 13.5. The van der Waals surface area contributed by atoms with E-state index in [2.05, 4.69) is 26.1 Å². The predicted octanol–water partition coefficient (Wildman–Crippen LogP) is 4.74. The third kappa shape index (κ3) is 4.05. The highest BCUT2D eigenvalue weighted by atomic mass is 32.1. The van der Waals surface area contributed by atoms with E-state index in [0.29, 0.717) is 5.92 Å². The maximum absolute atomic E-state index is 5.04. The van der Waals surface area contributed by atoms with Crippen molar-refractivity contribution in [3.63, 3.8) is 0 Å². The van der Waals surface area contributed by atoms with Gasteiger partial charge in [-0.1, -0.05) is 40.0 Å². The molecular weight excluding hydrogens is 264 g/mol. The fraction of sp³-hybridized carbons (Fsp3) is 0.824. The van der Waals surface area contributed by atoms with Crippen LogP contribution in [0.15, 0.2) is 0 Å². The summed E-state index contributed by atoms with van der Waals surface area (Å²) in [6, 6.07) is 0. The number of nitrogens with one attached hydrogen (secondary N) is 1. The van der Waals surface area contributed by atoms with E-state index in [-0.39, 0.29) is 0 Å². The molecule has 2 rings (SSSR count). The first-order valence-electron chi connectivity index (χ1n) is 8.27. The lowest BCUT2D eigenvalue weighted by Gasteiger charge is -2.26. The van der Waals surface area contributed by atoms with Crippen molar-refractivity contribution >= 4 is 11.3 Å². The van der Waals surface area contributed by atoms with Crippen molar-refractivity contribution in [1.82, 2.24) is 10.3 Å². The van der Waals surface area contributed by atoms with Gasteiger partial charge in [-0.05, 0) is 38.1 Å². The lowest BCUT2D eigenvalue weighted by atomic mass is 9.80. The van der Waals surface area contributed by atoms with Crippen LogP contribution >= 0.6 is 11.3 Å². The monoisotopic (exact) mass is 294 g/mol. The third-order valence-corrected chi connectivity index (χ3v) is 5.70. The van der Waals surface area contributed by atoms with Gasteiger partial charge in [-0.15, -0.1) is 11.3 Å². The van der Waals surface area contributed by atoms with Gasteiger partial charge in [0.05, 0.1) is 10.7 Å². The molecule has 1 aliphatic carbocycles. The van der Waals surface area contributed by atoms with Gasteiger partial charge in [0.15, 0.2) is 0 Å². The maximum Gasteiger partial charge on any atom is 0.0962 e. The van der Waals surface area contributed by atoms with Gasteiger partial charge < -0.3 is 5.32 Å². The van der Waals surface area contributed by atoms with Gasteiger partial charge in [-0.3, -0.25) is 0 Å². The summed E-state index contributed by atoms with van der Waals surface area (Å²) in [5.74, 6) is 2.35. The second-order valence-electron chi connectivity index (χ2n) is 6.69. The zero-order chi connectivity index (χ0) is 14.5. The highest BCUT2D eigenvalue weighted by Gasteiger charge is 2.25. The van der Waals surface area contributed by atoms with Crippen LogP contribution in [0, 0.1) is 11.8 Å². The molecule has 20 heavy (non-hydrogen) atoms. The van der Waals surface area contributed by atoms with E-state index in [1.165, 1.54) is 47.7 Å². The van der Waals surface area contributed by atoms with Crippen LogP contribution in [-0.2, 0) is 13.0 Å². The van der Waals surface area contributed by atoms with E-state index in [1.807, 2.05) is 18.4 Å². The third-order valence-electron chi connectivity index (χ3n) is 4.44. The number of hydrogen-bond acceptors (Lipinski definition) is 3. The van der Waals surface area contributed by atoms with Crippen LogP contribution < -0.4 is 5.32 Å². The summed E-state index contributed by atoms with van der Waals surface area (Å²) in [4.78, 5) is 6.51. The Kier molecular flexibility index (Phi) is 6.03. The molecule has 1 aromatic rings. The van der Waals surface area contributed by atoms with Crippen LogP contribution in [0.1, 0.15) is 74.4 Å². The van der Waals surface area contributed by atoms with E-state index in [9.17, 15) is 0 Å². The SMILES string of the molecule is CCC1CCCC(c2nc(CC(C)C)c(CNC)s2)C1. The molecule has 0 saturated heterocycles. The molecule has 1 aliphatic rings. The van der Waals surface area contributed by atoms with Gasteiger partial charge in [-0.2, -0.15) is 0 Å². The molecule has 1 saturated carbocycles. The average Bonchev–Trinajstić information content (AvgIpc) is 2.82. The minimum atomic E-state index is 0.690. The number of hydrogen-bond donors (Lipinski definition) is 1. The van der Waals surface area contributed by atoms with Gasteiger partial charge in [0.2, 0.25) is 0 Å². The summed E-state index contributed by atoms with van der Waals surface area (Å²) in [5, 5.41) is 4.72. The quantitative estimate of drug-likeness (QED) is 0.819. The van der Waals surface area contributed by atoms with Crippen molar-refractivity contribution in [2.75, 3.05) is 7.05 Å². The predicted molar refractivity (Wildman–Crippen MR) is 88.4 cm³/mol. The number of nitrogens with zero attached hydrogens (tertiary/aromatic N) is 1. The Morgan fingerprint density at radius 3 is 2.80 bits per heavy atom. The highest BCUT2D eigenvalue weighted by molar-refractivity contribution is 7.11. The van der Waals surface area contributed by atoms with E-state index in [1.54, 1.807) is 0 Å². The Morgan fingerprint density at radius 2 is 2.15 bits per heavy atom. The molecule has 1 fully saturated rings. The minimum Gasteiger partial charge on any atom is -0.315 e. The largest absolute Gasteiger partial charge is 0.315 e. The summed E-state index contributed by atoms with van der Waals surface area (Å²) in [6.07, 6.45) is 8.00. The van der Waals surface area contributed by atoms with Gasteiger partial charge in [0, 0.05) is 17.3 Å². The molecule has 0 bridgehead atoms. The standard InChI is InChI=1S/C17H30N2S/c1-5-13-7-6-8-14(10-13)17-19-15(9-12(2)3)16(20-17)11-18-4/h12-14,18H,5-11H2,1-4H3. The Balaban J connectivity index is 2.14. The fourth-order valence-corrected chi connectivity index (χ4v) is 4.56. The molecule has 2 atom stereocenters. The molecule has 0 spiro atoms. The van der Waals surface area contributed by atoms with E-state index in [4.69, 9.17) is 4.98 Å². The lowest BCUT2D eigenvalue weighted by molar-refractivity contribution is 0.314. The highest BCUT2D eigenvalue weighted by Crippen LogP contribution is 2.39. The van der Waals surface area contributed by atoms with E-state index < -0.39 is 0 Å². The molecule has 1 N–H and O–H groups in total. The molecule has 0 radical (unpaired) electrons. The van der Waals surface area contributed by atoms with Crippen LogP contribution in [0.3, 0.4) is 0 Å². The van der Waals surface area contributed by atoms with Gasteiger partial charge in [0.1, 0.15) is 0 Å². The second-order valence-corrected chi connectivity index (χ2v) is 7.80. The number of thiazole rings is 1. The first-order valence-corrected chi connectivity index (χ1v) is 9.08. The Hall–Kier alpha value is -0.410. The van der Waals surface area contributed by atoms with Crippen LogP contribution in [0.25, 0.3) is 0 Å². The zero-order valence-corrected chi connectivity index (χ0v) is 14.4. The summed E-state index contributed by atoms with van der Waals surface area (Å²) in [7, 11) is 2.03. The lowest BCUT2D eigenvalue weighted by Crippen LogP contribution is -2.13. The van der Waals surface area contributed by atoms with Crippen molar-refractivity contribution in [1.29, 1.82) is 0 Å². The van der Waals surface area contributed by atoms with Crippen molar-refractivity contribution in [2.45, 2.75) is 71.8 Å². The molecular formula is C17H30N2S. The first kappa shape index (κ1) is 16.0. The molecule has 114 valence electrons. The van der Waals surface area contributed by atoms with Crippen molar-refractivity contribution in [2.24, 2.45) is 11.8 Å². The molecule has 2 nitrogen and oxygen atoms in total. The Morgan fingerprint density at radius 1 is 1.35 bits per heavy atom. The van der Waals surface area contributed by atoms with Gasteiger partial charge >= 0.3 is 0 Å². The van der Waals surface area contributed by atoms with Crippen molar-refractivity contribution in [3.05, 3.63) is 15.6 Å². The first-order chi connectivity index (χ1) is 9.63. The van der Waals surface area contributed by atoms with Crippen LogP contribution in [0.4, 0.5) is 0 Å². The van der Waals surface area contributed by atoms with Crippen molar-refractivity contribution in [3.8, 4) is 0 Å². The van der Waals surface area contributed by atoms with Crippen LogP contribution in [0.2, 0.25) is 0 Å². The molecule has 1 aromatic heterocycles. The maximum atomic E-state index is 5.04. The molecule has 1 heterocycles. The Labute approximate surface area is 128 Å². The molecule has 3 heteroatoms. The van der Waals surface area contributed by atoms with Crippen LogP contribution in [0.5, 0.6) is 0 Å². The normalized spacial score (nSPS) is 23.4. The Bertz CT molecular complexity index is 411. The molecule has 0 amide bonds. The van der Waals surface area contributed by atoms with Gasteiger partial charge in [-0.25, -0.2) is 4.98 Å². The van der Waals surface area contributed by atoms with Crippen molar-refractivity contribution < 1.29 is 0 Å². The van der Waals surface area contributed by atoms with E-state index in [0.717, 1.165) is 24.8 Å². The van der Waals surface area contributed by atoms with Gasteiger partial charge in [0.25, 0.3) is 0 Å². The number of aromatic nitrogens is 1.